The number of hydrogen-bond acceptors (Lipinski definition) is 4. The first-order valence-corrected chi connectivity index (χ1v) is 7.43. The van der Waals surface area contributed by atoms with Gasteiger partial charge < -0.3 is 15.4 Å². The van der Waals surface area contributed by atoms with Gasteiger partial charge in [-0.1, -0.05) is 6.92 Å². The molecule has 2 rings (SSSR count). The molecular weight excluding hydrogens is 242 g/mol. The molecule has 2 N–H and O–H groups in total. The number of likely N-dealkylation sites (tertiary alicyclic amines) is 1. The zero-order valence-corrected chi connectivity index (χ0v) is 12.2. The zero-order chi connectivity index (χ0) is 13.9. The molecule has 110 valence electrons. The Morgan fingerprint density at radius 1 is 1.47 bits per heavy atom. The Morgan fingerprint density at radius 3 is 2.79 bits per heavy atom. The summed E-state index contributed by atoms with van der Waals surface area (Å²) in [6.07, 6.45) is 3.70. The van der Waals surface area contributed by atoms with Gasteiger partial charge in [0.1, 0.15) is 0 Å². The molecule has 1 unspecified atom stereocenters. The molecule has 5 nitrogen and oxygen atoms in total. The second kappa shape index (κ2) is 6.20. The summed E-state index contributed by atoms with van der Waals surface area (Å²) in [6.45, 7) is 6.40. The Bertz CT molecular complexity index is 316. The fourth-order valence-corrected chi connectivity index (χ4v) is 3.25. The quantitative estimate of drug-likeness (QED) is 0.804. The Hall–Kier alpha value is -0.650. The smallest absolute Gasteiger partial charge is 0.242 e. The lowest BCUT2D eigenvalue weighted by atomic mass is 9.89. The summed E-state index contributed by atoms with van der Waals surface area (Å²) < 4.78 is 5.30. The third-order valence-corrected chi connectivity index (χ3v) is 4.55. The topological polar surface area (TPSA) is 58.8 Å². The van der Waals surface area contributed by atoms with Gasteiger partial charge in [-0.15, -0.1) is 0 Å². The molecule has 1 atom stereocenters. The normalized spacial score (nSPS) is 27.4. The van der Waals surface area contributed by atoms with E-state index in [-0.39, 0.29) is 5.91 Å². The first-order chi connectivity index (χ1) is 9.07. The van der Waals surface area contributed by atoms with E-state index < -0.39 is 5.54 Å². The van der Waals surface area contributed by atoms with Crippen molar-refractivity contribution in [2.24, 2.45) is 5.73 Å². The average Bonchev–Trinajstić information content (AvgIpc) is 2.85. The molecule has 2 fully saturated rings. The number of rotatable bonds is 4. The third kappa shape index (κ3) is 3.27. The van der Waals surface area contributed by atoms with Crippen molar-refractivity contribution >= 4 is 5.91 Å². The highest BCUT2D eigenvalue weighted by atomic mass is 16.5. The summed E-state index contributed by atoms with van der Waals surface area (Å²) in [5, 5.41) is 0. The molecule has 0 saturated carbocycles. The van der Waals surface area contributed by atoms with E-state index in [9.17, 15) is 4.79 Å². The molecule has 1 amide bonds. The summed E-state index contributed by atoms with van der Waals surface area (Å²) in [5.41, 5.74) is 5.55. The molecule has 0 bridgehead atoms. The standard InChI is InChI=1S/C14H27N3O2/c1-3-17-8-4-5-12(17)11-16(2)13(18)14(15)6-9-19-10-7-14/h12H,3-11,15H2,1-2H3. The van der Waals surface area contributed by atoms with Crippen LogP contribution in [-0.2, 0) is 9.53 Å². The lowest BCUT2D eigenvalue weighted by molar-refractivity contribution is -0.139. The minimum atomic E-state index is -0.706. The number of nitrogens with two attached hydrogens (primary N) is 1. The molecule has 2 aliphatic heterocycles. The van der Waals surface area contributed by atoms with Gasteiger partial charge in [-0.2, -0.15) is 0 Å². The molecule has 0 aromatic rings. The van der Waals surface area contributed by atoms with Crippen LogP contribution in [0.1, 0.15) is 32.6 Å². The van der Waals surface area contributed by atoms with Crippen LogP contribution in [0.3, 0.4) is 0 Å². The number of likely N-dealkylation sites (N-methyl/N-ethyl adjacent to an activating group) is 2. The fourth-order valence-electron chi connectivity index (χ4n) is 3.25. The van der Waals surface area contributed by atoms with E-state index in [0.717, 1.165) is 19.6 Å². The van der Waals surface area contributed by atoms with Crippen molar-refractivity contribution in [1.29, 1.82) is 0 Å². The molecule has 0 aliphatic carbocycles. The SMILES string of the molecule is CCN1CCCC1CN(C)C(=O)C1(N)CCOCC1. The largest absolute Gasteiger partial charge is 0.381 e. The monoisotopic (exact) mass is 269 g/mol. The summed E-state index contributed by atoms with van der Waals surface area (Å²) in [6, 6.07) is 0.502. The van der Waals surface area contributed by atoms with Gasteiger partial charge in [-0.05, 0) is 38.8 Å². The number of amides is 1. The van der Waals surface area contributed by atoms with Gasteiger partial charge >= 0.3 is 0 Å². The average molecular weight is 269 g/mol. The predicted molar refractivity (Wildman–Crippen MR) is 74.9 cm³/mol. The second-order valence-corrected chi connectivity index (χ2v) is 5.88. The first-order valence-electron chi connectivity index (χ1n) is 7.43. The van der Waals surface area contributed by atoms with Crippen LogP contribution in [0.2, 0.25) is 0 Å². The van der Waals surface area contributed by atoms with Crippen LogP contribution in [0, 0.1) is 0 Å². The molecule has 0 spiro atoms. The van der Waals surface area contributed by atoms with E-state index in [1.807, 2.05) is 11.9 Å². The Morgan fingerprint density at radius 2 is 2.16 bits per heavy atom. The molecule has 2 aliphatic rings. The summed E-state index contributed by atoms with van der Waals surface area (Å²) >= 11 is 0. The molecular formula is C14H27N3O2. The summed E-state index contributed by atoms with van der Waals surface area (Å²) in [5.74, 6) is 0.0822. The molecule has 19 heavy (non-hydrogen) atoms. The molecule has 0 aromatic heterocycles. The van der Waals surface area contributed by atoms with Crippen molar-refractivity contribution in [1.82, 2.24) is 9.80 Å². The van der Waals surface area contributed by atoms with Crippen molar-refractivity contribution in [2.45, 2.75) is 44.2 Å². The number of ether oxygens (including phenoxy) is 1. The number of nitrogens with zero attached hydrogens (tertiary/aromatic N) is 2. The van der Waals surface area contributed by atoms with Gasteiger partial charge in [0.05, 0.1) is 5.54 Å². The number of hydrogen-bond donors (Lipinski definition) is 1. The third-order valence-electron chi connectivity index (χ3n) is 4.55. The van der Waals surface area contributed by atoms with Crippen LogP contribution in [0.15, 0.2) is 0 Å². The van der Waals surface area contributed by atoms with Gasteiger partial charge in [0, 0.05) is 32.8 Å². The van der Waals surface area contributed by atoms with Gasteiger partial charge in [-0.25, -0.2) is 0 Å². The van der Waals surface area contributed by atoms with Crippen LogP contribution < -0.4 is 5.73 Å². The molecule has 2 heterocycles. The Labute approximate surface area is 116 Å². The van der Waals surface area contributed by atoms with E-state index in [1.165, 1.54) is 12.8 Å². The Balaban J connectivity index is 1.91. The molecule has 0 aromatic carbocycles. The van der Waals surface area contributed by atoms with Crippen LogP contribution in [-0.4, -0.2) is 67.2 Å². The maximum atomic E-state index is 12.5. The minimum Gasteiger partial charge on any atom is -0.381 e. The first kappa shape index (κ1) is 14.8. The van der Waals surface area contributed by atoms with Crippen LogP contribution in [0.4, 0.5) is 0 Å². The van der Waals surface area contributed by atoms with Crippen molar-refractivity contribution < 1.29 is 9.53 Å². The highest BCUT2D eigenvalue weighted by molar-refractivity contribution is 5.86. The lowest BCUT2D eigenvalue weighted by Gasteiger charge is -2.37. The predicted octanol–water partition coefficient (Wildman–Crippen LogP) is 0.437. The van der Waals surface area contributed by atoms with Crippen LogP contribution in [0.5, 0.6) is 0 Å². The highest BCUT2D eigenvalue weighted by Crippen LogP contribution is 2.22. The molecule has 2 saturated heterocycles. The summed E-state index contributed by atoms with van der Waals surface area (Å²) in [7, 11) is 1.89. The van der Waals surface area contributed by atoms with Gasteiger partial charge in [-0.3, -0.25) is 9.69 Å². The fraction of sp³-hybridized carbons (Fsp3) is 0.929. The maximum absolute atomic E-state index is 12.5. The maximum Gasteiger partial charge on any atom is 0.242 e. The summed E-state index contributed by atoms with van der Waals surface area (Å²) in [4.78, 5) is 16.8. The lowest BCUT2D eigenvalue weighted by Crippen LogP contribution is -2.58. The van der Waals surface area contributed by atoms with E-state index in [4.69, 9.17) is 10.5 Å². The van der Waals surface area contributed by atoms with E-state index in [2.05, 4.69) is 11.8 Å². The van der Waals surface area contributed by atoms with Crippen molar-refractivity contribution in [3.05, 3.63) is 0 Å². The zero-order valence-electron chi connectivity index (χ0n) is 12.2. The van der Waals surface area contributed by atoms with Crippen molar-refractivity contribution in [2.75, 3.05) is 39.9 Å². The minimum absolute atomic E-state index is 0.0822. The van der Waals surface area contributed by atoms with Gasteiger partial charge in [0.15, 0.2) is 0 Å². The van der Waals surface area contributed by atoms with E-state index >= 15 is 0 Å². The highest BCUT2D eigenvalue weighted by Gasteiger charge is 2.38. The second-order valence-electron chi connectivity index (χ2n) is 5.88. The van der Waals surface area contributed by atoms with Crippen LogP contribution in [0.25, 0.3) is 0 Å². The number of carbonyl (C=O) groups excluding carboxylic acids is 1. The van der Waals surface area contributed by atoms with Gasteiger partial charge in [0.2, 0.25) is 5.91 Å². The van der Waals surface area contributed by atoms with Crippen molar-refractivity contribution in [3.63, 3.8) is 0 Å². The van der Waals surface area contributed by atoms with E-state index in [1.54, 1.807) is 0 Å². The van der Waals surface area contributed by atoms with Crippen LogP contribution >= 0.6 is 0 Å². The van der Waals surface area contributed by atoms with Gasteiger partial charge in [0.25, 0.3) is 0 Å². The molecule has 0 radical (unpaired) electrons. The van der Waals surface area contributed by atoms with E-state index in [0.29, 0.717) is 32.1 Å². The Kier molecular flexibility index (Phi) is 4.81. The van der Waals surface area contributed by atoms with Crippen molar-refractivity contribution in [3.8, 4) is 0 Å². The number of carbonyl (C=O) groups is 1. The molecule has 5 heteroatoms.